The molecule has 1 aliphatic carbocycles. The third kappa shape index (κ3) is 2.24. The summed E-state index contributed by atoms with van der Waals surface area (Å²) in [4.78, 5) is 0. The number of nitrogens with two attached hydrogens (primary N) is 1. The van der Waals surface area contributed by atoms with Crippen molar-refractivity contribution in [3.8, 4) is 16.9 Å². The Balaban J connectivity index is 2.02. The van der Waals surface area contributed by atoms with Crippen LogP contribution in [-0.4, -0.2) is 7.11 Å². The van der Waals surface area contributed by atoms with Crippen LogP contribution in [0.4, 0.5) is 0 Å². The molecule has 2 N–H and O–H groups in total. The highest BCUT2D eigenvalue weighted by Crippen LogP contribution is 2.30. The van der Waals surface area contributed by atoms with Gasteiger partial charge in [-0.1, -0.05) is 24.3 Å². The molecular weight excluding hydrogens is 234 g/mol. The van der Waals surface area contributed by atoms with Crippen molar-refractivity contribution in [2.24, 2.45) is 5.73 Å². The van der Waals surface area contributed by atoms with E-state index in [-0.39, 0.29) is 0 Å². The van der Waals surface area contributed by atoms with Gasteiger partial charge in [-0.05, 0) is 53.6 Å². The van der Waals surface area contributed by atoms with Crippen molar-refractivity contribution in [2.45, 2.75) is 25.8 Å². The minimum absolute atomic E-state index is 0.502. The molecule has 0 saturated carbocycles. The number of methoxy groups -OCH3 is 1. The first-order valence-electron chi connectivity index (χ1n) is 6.81. The summed E-state index contributed by atoms with van der Waals surface area (Å²) < 4.78 is 5.32. The van der Waals surface area contributed by atoms with Crippen molar-refractivity contribution < 1.29 is 4.74 Å². The molecule has 3 rings (SSSR count). The lowest BCUT2D eigenvalue weighted by Crippen LogP contribution is -2.00. The number of rotatable bonds is 3. The normalized spacial score (nSPS) is 13.4. The predicted molar refractivity (Wildman–Crippen MR) is 78.3 cm³/mol. The maximum atomic E-state index is 5.78. The molecule has 0 amide bonds. The molecule has 0 aliphatic heterocycles. The molecule has 0 heterocycles. The highest BCUT2D eigenvalue weighted by Gasteiger charge is 2.12. The minimum Gasteiger partial charge on any atom is -0.496 e. The van der Waals surface area contributed by atoms with E-state index >= 15 is 0 Å². The van der Waals surface area contributed by atoms with Gasteiger partial charge in [0.25, 0.3) is 0 Å². The Morgan fingerprint density at radius 3 is 2.53 bits per heavy atom. The average Bonchev–Trinajstić information content (AvgIpc) is 2.93. The van der Waals surface area contributed by atoms with E-state index in [1.165, 1.54) is 41.5 Å². The van der Waals surface area contributed by atoms with Gasteiger partial charge < -0.3 is 10.5 Å². The van der Waals surface area contributed by atoms with E-state index in [9.17, 15) is 0 Å². The monoisotopic (exact) mass is 253 g/mol. The second-order valence-electron chi connectivity index (χ2n) is 5.07. The van der Waals surface area contributed by atoms with Crippen LogP contribution < -0.4 is 10.5 Å². The predicted octanol–water partition coefficient (Wildman–Crippen LogP) is 3.31. The van der Waals surface area contributed by atoms with Crippen LogP contribution in [0.25, 0.3) is 11.1 Å². The Kier molecular flexibility index (Phi) is 3.26. The van der Waals surface area contributed by atoms with E-state index in [1.807, 2.05) is 6.07 Å². The van der Waals surface area contributed by atoms with E-state index in [1.54, 1.807) is 7.11 Å². The van der Waals surface area contributed by atoms with Gasteiger partial charge in [0.1, 0.15) is 5.75 Å². The fourth-order valence-electron chi connectivity index (χ4n) is 2.87. The van der Waals surface area contributed by atoms with Gasteiger partial charge in [-0.2, -0.15) is 0 Å². The third-order valence-corrected chi connectivity index (χ3v) is 3.93. The maximum Gasteiger partial charge on any atom is 0.123 e. The van der Waals surface area contributed by atoms with Gasteiger partial charge in [0, 0.05) is 12.1 Å². The summed E-state index contributed by atoms with van der Waals surface area (Å²) in [6.45, 7) is 0.502. The molecule has 0 fully saturated rings. The van der Waals surface area contributed by atoms with Crippen LogP contribution in [0.1, 0.15) is 23.1 Å². The van der Waals surface area contributed by atoms with E-state index < -0.39 is 0 Å². The van der Waals surface area contributed by atoms with Crippen LogP contribution >= 0.6 is 0 Å². The molecule has 0 unspecified atom stereocenters. The van der Waals surface area contributed by atoms with Crippen LogP contribution in [0, 0.1) is 0 Å². The quantitative estimate of drug-likeness (QED) is 0.910. The second-order valence-corrected chi connectivity index (χ2v) is 5.07. The summed E-state index contributed by atoms with van der Waals surface area (Å²) in [5.74, 6) is 0.868. The average molecular weight is 253 g/mol. The Morgan fingerprint density at radius 2 is 1.74 bits per heavy atom. The fourth-order valence-corrected chi connectivity index (χ4v) is 2.87. The lowest BCUT2D eigenvalue weighted by Gasteiger charge is -2.10. The van der Waals surface area contributed by atoms with Crippen LogP contribution in [-0.2, 0) is 19.4 Å². The largest absolute Gasteiger partial charge is 0.496 e. The SMILES string of the molecule is COc1ccc(-c2ccc3c(c2)CCC3)cc1CN. The number of ether oxygens (including phenoxy) is 1. The Hall–Kier alpha value is -1.80. The molecule has 2 nitrogen and oxygen atoms in total. The molecule has 2 heteroatoms. The molecule has 98 valence electrons. The Morgan fingerprint density at radius 1 is 1.00 bits per heavy atom. The summed E-state index contributed by atoms with van der Waals surface area (Å²) >= 11 is 0. The number of benzene rings is 2. The van der Waals surface area contributed by atoms with Gasteiger partial charge in [0.15, 0.2) is 0 Å². The molecule has 2 aromatic rings. The second kappa shape index (κ2) is 5.06. The minimum atomic E-state index is 0.502. The number of fused-ring (bicyclic) bond motifs is 1. The first-order chi connectivity index (χ1) is 9.31. The summed E-state index contributed by atoms with van der Waals surface area (Å²) in [6, 6.07) is 13.1. The van der Waals surface area contributed by atoms with Crippen LogP contribution in [0.2, 0.25) is 0 Å². The van der Waals surface area contributed by atoms with Gasteiger partial charge in [0.2, 0.25) is 0 Å². The lowest BCUT2D eigenvalue weighted by atomic mass is 9.98. The van der Waals surface area contributed by atoms with E-state index in [4.69, 9.17) is 10.5 Å². The van der Waals surface area contributed by atoms with Crippen molar-refractivity contribution in [3.63, 3.8) is 0 Å². The molecule has 1 aliphatic rings. The fraction of sp³-hybridized carbons (Fsp3) is 0.294. The zero-order valence-corrected chi connectivity index (χ0v) is 11.3. The van der Waals surface area contributed by atoms with Crippen molar-refractivity contribution in [3.05, 3.63) is 53.1 Å². The molecule has 0 radical (unpaired) electrons. The van der Waals surface area contributed by atoms with E-state index in [0.29, 0.717) is 6.54 Å². The lowest BCUT2D eigenvalue weighted by molar-refractivity contribution is 0.410. The summed E-state index contributed by atoms with van der Waals surface area (Å²) in [5, 5.41) is 0. The van der Waals surface area contributed by atoms with Crippen molar-refractivity contribution in [1.82, 2.24) is 0 Å². The standard InChI is InChI=1S/C17H19NO/c1-19-17-8-7-15(10-16(17)11-18)14-6-5-12-3-2-4-13(12)9-14/h5-10H,2-4,11,18H2,1H3. The van der Waals surface area contributed by atoms with Crippen LogP contribution in [0.5, 0.6) is 5.75 Å². The number of hydrogen-bond donors (Lipinski definition) is 1. The van der Waals surface area contributed by atoms with Crippen molar-refractivity contribution in [1.29, 1.82) is 0 Å². The van der Waals surface area contributed by atoms with Gasteiger partial charge in [-0.15, -0.1) is 0 Å². The molecule has 0 spiro atoms. The molecule has 0 saturated heterocycles. The van der Waals surface area contributed by atoms with Gasteiger partial charge in [0.05, 0.1) is 7.11 Å². The number of hydrogen-bond acceptors (Lipinski definition) is 2. The van der Waals surface area contributed by atoms with Crippen molar-refractivity contribution >= 4 is 0 Å². The topological polar surface area (TPSA) is 35.2 Å². The molecule has 0 atom stereocenters. The smallest absolute Gasteiger partial charge is 0.123 e. The van der Waals surface area contributed by atoms with Gasteiger partial charge in [-0.3, -0.25) is 0 Å². The molecule has 0 aromatic heterocycles. The van der Waals surface area contributed by atoms with E-state index in [0.717, 1.165) is 11.3 Å². The van der Waals surface area contributed by atoms with E-state index in [2.05, 4.69) is 30.3 Å². The third-order valence-electron chi connectivity index (χ3n) is 3.93. The molecule has 19 heavy (non-hydrogen) atoms. The Labute approximate surface area is 114 Å². The highest BCUT2D eigenvalue weighted by atomic mass is 16.5. The van der Waals surface area contributed by atoms with Crippen LogP contribution in [0.3, 0.4) is 0 Å². The zero-order valence-electron chi connectivity index (χ0n) is 11.3. The highest BCUT2D eigenvalue weighted by molar-refractivity contribution is 5.67. The molecule has 0 bridgehead atoms. The maximum absolute atomic E-state index is 5.78. The molecular formula is C17H19NO. The summed E-state index contributed by atoms with van der Waals surface area (Å²) in [6.07, 6.45) is 3.73. The van der Waals surface area contributed by atoms with Crippen molar-refractivity contribution in [2.75, 3.05) is 7.11 Å². The van der Waals surface area contributed by atoms with Crippen LogP contribution in [0.15, 0.2) is 36.4 Å². The first-order valence-corrected chi connectivity index (χ1v) is 6.81. The molecule has 2 aromatic carbocycles. The summed E-state index contributed by atoms with van der Waals surface area (Å²) in [7, 11) is 1.68. The Bertz CT molecular complexity index is 604. The van der Waals surface area contributed by atoms with Gasteiger partial charge in [-0.25, -0.2) is 0 Å². The zero-order chi connectivity index (χ0) is 13.2. The van der Waals surface area contributed by atoms with Gasteiger partial charge >= 0.3 is 0 Å². The summed E-state index contributed by atoms with van der Waals surface area (Å²) in [5.41, 5.74) is 12.3. The number of aryl methyl sites for hydroxylation is 2. The first kappa shape index (κ1) is 12.2.